The van der Waals surface area contributed by atoms with E-state index in [1.54, 1.807) is 41.1 Å². The van der Waals surface area contributed by atoms with E-state index in [1.165, 1.54) is 0 Å². The summed E-state index contributed by atoms with van der Waals surface area (Å²) in [7, 11) is 0. The van der Waals surface area contributed by atoms with Crippen molar-refractivity contribution in [3.63, 3.8) is 0 Å². The van der Waals surface area contributed by atoms with Crippen LogP contribution in [0.5, 0.6) is 0 Å². The molecule has 0 fully saturated rings. The van der Waals surface area contributed by atoms with Gasteiger partial charge in [0.1, 0.15) is 0 Å². The van der Waals surface area contributed by atoms with Crippen molar-refractivity contribution in [2.75, 3.05) is 11.1 Å². The van der Waals surface area contributed by atoms with Gasteiger partial charge >= 0.3 is 0 Å². The number of nitrogens with zero attached hydrogens (tertiary/aromatic N) is 3. The molecule has 106 valence electrons. The minimum atomic E-state index is -0.0358. The van der Waals surface area contributed by atoms with Crippen molar-refractivity contribution in [1.82, 2.24) is 14.8 Å². The number of carbonyl (C=O) groups excluding carboxylic acids is 1. The zero-order chi connectivity index (χ0) is 14.6. The summed E-state index contributed by atoms with van der Waals surface area (Å²) in [5.74, 6) is 0.995. The van der Waals surface area contributed by atoms with Gasteiger partial charge in [-0.3, -0.25) is 4.79 Å². The second kappa shape index (κ2) is 6.09. The number of thioether (sulfide) groups is 1. The fraction of sp³-hybridized carbons (Fsp3) is 0.357. The van der Waals surface area contributed by atoms with Crippen molar-refractivity contribution in [3.05, 3.63) is 36.8 Å². The molecule has 0 aliphatic heterocycles. The van der Waals surface area contributed by atoms with Gasteiger partial charge in [0.05, 0.1) is 11.4 Å². The Balaban J connectivity index is 2.08. The molecule has 2 aromatic rings. The summed E-state index contributed by atoms with van der Waals surface area (Å²) < 4.78 is 1.70. The first-order valence-electron chi connectivity index (χ1n) is 6.34. The molecule has 0 aromatic carbocycles. The highest BCUT2D eigenvalue weighted by Crippen LogP contribution is 2.23. The molecular formula is C14H18N4OS. The highest BCUT2D eigenvalue weighted by atomic mass is 32.2. The molecule has 20 heavy (non-hydrogen) atoms. The fourth-order valence-corrected chi connectivity index (χ4v) is 2.18. The zero-order valence-electron chi connectivity index (χ0n) is 11.8. The van der Waals surface area contributed by atoms with Crippen molar-refractivity contribution < 1.29 is 4.79 Å². The number of pyridine rings is 1. The first-order valence-corrected chi connectivity index (χ1v) is 7.33. The normalized spacial score (nSPS) is 11.3. The van der Waals surface area contributed by atoms with E-state index < -0.39 is 0 Å². The summed E-state index contributed by atoms with van der Waals surface area (Å²) >= 11 is 1.61. The predicted molar refractivity (Wildman–Crippen MR) is 82.2 cm³/mol. The van der Waals surface area contributed by atoms with Crippen LogP contribution in [0.25, 0.3) is 5.82 Å². The van der Waals surface area contributed by atoms with E-state index in [0.717, 1.165) is 0 Å². The summed E-state index contributed by atoms with van der Waals surface area (Å²) in [4.78, 5) is 16.3. The Morgan fingerprint density at radius 1 is 1.35 bits per heavy atom. The molecule has 1 N–H and O–H groups in total. The van der Waals surface area contributed by atoms with Crippen LogP contribution in [0.1, 0.15) is 20.8 Å². The average molecular weight is 290 g/mol. The van der Waals surface area contributed by atoms with Crippen LogP contribution in [0.15, 0.2) is 36.8 Å². The summed E-state index contributed by atoms with van der Waals surface area (Å²) in [5.41, 5.74) is 0.663. The minimum absolute atomic E-state index is 0.0358. The van der Waals surface area contributed by atoms with Gasteiger partial charge in [-0.2, -0.15) is 5.10 Å². The summed E-state index contributed by atoms with van der Waals surface area (Å²) in [6.07, 6.45) is 5.15. The highest BCUT2D eigenvalue weighted by Gasteiger charge is 2.15. The molecule has 2 aromatic heterocycles. The van der Waals surface area contributed by atoms with Gasteiger partial charge in [0, 0.05) is 23.3 Å². The van der Waals surface area contributed by atoms with Crippen LogP contribution in [0.2, 0.25) is 0 Å². The molecule has 1 amide bonds. The van der Waals surface area contributed by atoms with Crippen molar-refractivity contribution in [2.24, 2.45) is 0 Å². The van der Waals surface area contributed by atoms with E-state index in [2.05, 4.69) is 36.2 Å². The van der Waals surface area contributed by atoms with Gasteiger partial charge in [0.25, 0.3) is 0 Å². The number of nitrogens with one attached hydrogen (secondary N) is 1. The second-order valence-electron chi connectivity index (χ2n) is 5.27. The Morgan fingerprint density at radius 2 is 2.15 bits per heavy atom. The molecule has 5 nitrogen and oxygen atoms in total. The Morgan fingerprint density at radius 3 is 2.80 bits per heavy atom. The molecular weight excluding hydrogens is 272 g/mol. The van der Waals surface area contributed by atoms with E-state index in [-0.39, 0.29) is 10.7 Å². The lowest BCUT2D eigenvalue weighted by atomic mass is 10.3. The zero-order valence-corrected chi connectivity index (χ0v) is 12.6. The van der Waals surface area contributed by atoms with Crippen LogP contribution in [0, 0.1) is 0 Å². The molecule has 0 saturated heterocycles. The van der Waals surface area contributed by atoms with Crippen LogP contribution in [-0.2, 0) is 4.79 Å². The molecule has 0 aliphatic carbocycles. The quantitative estimate of drug-likeness (QED) is 0.940. The van der Waals surface area contributed by atoms with Gasteiger partial charge in [0.15, 0.2) is 5.82 Å². The molecule has 2 heterocycles. The molecule has 6 heteroatoms. The Hall–Kier alpha value is -1.82. The maximum Gasteiger partial charge on any atom is 0.234 e. The third-order valence-corrected chi connectivity index (χ3v) is 3.69. The summed E-state index contributed by atoms with van der Waals surface area (Å²) in [6, 6.07) is 5.43. The molecule has 0 unspecified atom stereocenters. The fourth-order valence-electron chi connectivity index (χ4n) is 1.54. The van der Waals surface area contributed by atoms with Gasteiger partial charge in [-0.15, -0.1) is 11.8 Å². The highest BCUT2D eigenvalue weighted by molar-refractivity contribution is 8.01. The first-order chi connectivity index (χ1) is 9.46. The smallest absolute Gasteiger partial charge is 0.234 e. The third-order valence-electron chi connectivity index (χ3n) is 2.42. The van der Waals surface area contributed by atoms with Crippen molar-refractivity contribution in [3.8, 4) is 5.82 Å². The Kier molecular flexibility index (Phi) is 4.44. The monoisotopic (exact) mass is 290 g/mol. The van der Waals surface area contributed by atoms with E-state index in [1.807, 2.05) is 12.1 Å². The van der Waals surface area contributed by atoms with Crippen LogP contribution in [0.3, 0.4) is 0 Å². The van der Waals surface area contributed by atoms with E-state index in [4.69, 9.17) is 0 Å². The van der Waals surface area contributed by atoms with Crippen LogP contribution < -0.4 is 5.32 Å². The van der Waals surface area contributed by atoms with Crippen molar-refractivity contribution in [1.29, 1.82) is 0 Å². The maximum absolute atomic E-state index is 12.0. The number of amides is 1. The standard InChI is InChI=1S/C14H18N4OS/c1-14(2,3)20-10-12(19)17-11-6-4-7-15-13(11)18-9-5-8-16-18/h4-9H,10H2,1-3H3,(H,17,19). The second-order valence-corrected chi connectivity index (χ2v) is 7.08. The van der Waals surface area contributed by atoms with Gasteiger partial charge in [-0.25, -0.2) is 9.67 Å². The van der Waals surface area contributed by atoms with Crippen LogP contribution >= 0.6 is 11.8 Å². The SMILES string of the molecule is CC(C)(C)SCC(=O)Nc1cccnc1-n1cccn1. The van der Waals surface area contributed by atoms with Crippen LogP contribution in [-0.4, -0.2) is 31.2 Å². The minimum Gasteiger partial charge on any atom is -0.322 e. The Labute approximate surface area is 122 Å². The lowest BCUT2D eigenvalue weighted by Gasteiger charge is -2.17. The van der Waals surface area contributed by atoms with Gasteiger partial charge in [-0.05, 0) is 18.2 Å². The number of aromatic nitrogens is 3. The number of rotatable bonds is 4. The largest absolute Gasteiger partial charge is 0.322 e. The lowest BCUT2D eigenvalue weighted by Crippen LogP contribution is -2.20. The Bertz CT molecular complexity index is 575. The van der Waals surface area contributed by atoms with E-state index >= 15 is 0 Å². The van der Waals surface area contributed by atoms with Crippen LogP contribution in [0.4, 0.5) is 5.69 Å². The number of carbonyl (C=O) groups is 1. The summed E-state index contributed by atoms with van der Waals surface area (Å²) in [6.45, 7) is 6.26. The van der Waals surface area contributed by atoms with Gasteiger partial charge < -0.3 is 5.32 Å². The predicted octanol–water partition coefficient (Wildman–Crippen LogP) is 2.74. The third kappa shape index (κ3) is 4.09. The van der Waals surface area contributed by atoms with E-state index in [0.29, 0.717) is 17.3 Å². The van der Waals surface area contributed by atoms with Gasteiger partial charge in [0.2, 0.25) is 5.91 Å². The number of hydrogen-bond acceptors (Lipinski definition) is 4. The number of hydrogen-bond donors (Lipinski definition) is 1. The molecule has 0 spiro atoms. The average Bonchev–Trinajstić information content (AvgIpc) is 2.90. The first kappa shape index (κ1) is 14.6. The van der Waals surface area contributed by atoms with Gasteiger partial charge in [-0.1, -0.05) is 20.8 Å². The topological polar surface area (TPSA) is 59.8 Å². The molecule has 0 radical (unpaired) electrons. The molecule has 0 saturated carbocycles. The summed E-state index contributed by atoms with van der Waals surface area (Å²) in [5, 5.41) is 7.03. The molecule has 0 bridgehead atoms. The molecule has 2 rings (SSSR count). The number of anilines is 1. The maximum atomic E-state index is 12.0. The molecule has 0 atom stereocenters. The molecule has 0 aliphatic rings. The van der Waals surface area contributed by atoms with Crippen molar-refractivity contribution >= 4 is 23.4 Å². The lowest BCUT2D eigenvalue weighted by molar-refractivity contribution is -0.113. The van der Waals surface area contributed by atoms with Crippen molar-refractivity contribution in [2.45, 2.75) is 25.5 Å². The van der Waals surface area contributed by atoms with E-state index in [9.17, 15) is 4.79 Å².